The number of hydrogen-bond donors (Lipinski definition) is 1. The van der Waals surface area contributed by atoms with Crippen molar-refractivity contribution >= 4 is 17.6 Å². The van der Waals surface area contributed by atoms with Crippen molar-refractivity contribution in [2.75, 3.05) is 0 Å². The maximum absolute atomic E-state index is 12.8. The highest BCUT2D eigenvalue weighted by Crippen LogP contribution is 2.34. The van der Waals surface area contributed by atoms with Crippen LogP contribution in [0, 0.1) is 6.92 Å². The summed E-state index contributed by atoms with van der Waals surface area (Å²) in [5, 5.41) is 9.02. The predicted octanol–water partition coefficient (Wildman–Crippen LogP) is 4.56. The second-order valence-corrected chi connectivity index (χ2v) is 5.45. The van der Waals surface area contributed by atoms with Crippen molar-refractivity contribution in [1.29, 1.82) is 0 Å². The van der Waals surface area contributed by atoms with E-state index in [1.54, 1.807) is 6.92 Å². The summed E-state index contributed by atoms with van der Waals surface area (Å²) in [6, 6.07) is 2.95. The van der Waals surface area contributed by atoms with E-state index in [-0.39, 0.29) is 11.7 Å². The highest BCUT2D eigenvalue weighted by atomic mass is 35.5. The molecule has 1 N–H and O–H groups in total. The number of aryl methyl sites for hydroxylation is 1. The molecule has 0 aliphatic heterocycles. The van der Waals surface area contributed by atoms with Gasteiger partial charge >= 0.3 is 12.1 Å². The lowest BCUT2D eigenvalue weighted by Gasteiger charge is -2.22. The predicted molar refractivity (Wildman–Crippen MR) is 73.0 cm³/mol. The average molecular weight is 325 g/mol. The molecule has 1 aromatic rings. The van der Waals surface area contributed by atoms with Gasteiger partial charge in [0.15, 0.2) is 0 Å². The van der Waals surface area contributed by atoms with Crippen LogP contribution in [0.15, 0.2) is 12.1 Å². The van der Waals surface area contributed by atoms with E-state index >= 15 is 0 Å². The van der Waals surface area contributed by atoms with Gasteiger partial charge in [-0.15, -0.1) is 0 Å². The first-order valence-corrected chi connectivity index (χ1v) is 6.65. The number of rotatable bonds is 5. The molecule has 0 fully saturated rings. The molecule has 1 rings (SSSR count). The average Bonchev–Trinajstić information content (AvgIpc) is 2.28. The minimum absolute atomic E-state index is 0.00394. The number of carboxylic acid groups (broad SMARTS) is 1. The fraction of sp³-hybridized carbons (Fsp3) is 0.500. The summed E-state index contributed by atoms with van der Waals surface area (Å²) in [6.07, 6.45) is -8.31. The highest BCUT2D eigenvalue weighted by Gasteiger charge is 2.43. The van der Waals surface area contributed by atoms with Gasteiger partial charge in [0.2, 0.25) is 6.10 Å². The summed E-state index contributed by atoms with van der Waals surface area (Å²) in [4.78, 5) is 10.6. The minimum atomic E-state index is -4.76. The summed E-state index contributed by atoms with van der Waals surface area (Å²) < 4.78 is 43.4. The molecular formula is C14H16ClF3O3. The SMILES string of the molecule is Cc1cc(Cl)c(C(C)C)cc1OC(CC(=O)O)C(F)(F)F. The molecule has 0 amide bonds. The fourth-order valence-electron chi connectivity index (χ4n) is 1.77. The second-order valence-electron chi connectivity index (χ2n) is 5.04. The van der Waals surface area contributed by atoms with E-state index in [9.17, 15) is 18.0 Å². The van der Waals surface area contributed by atoms with Gasteiger partial charge < -0.3 is 9.84 Å². The first-order chi connectivity index (χ1) is 9.52. The van der Waals surface area contributed by atoms with Crippen LogP contribution < -0.4 is 4.74 Å². The van der Waals surface area contributed by atoms with Crippen molar-refractivity contribution in [3.63, 3.8) is 0 Å². The minimum Gasteiger partial charge on any atom is -0.481 e. The maximum Gasteiger partial charge on any atom is 0.426 e. The Bertz CT molecular complexity index is 527. The smallest absolute Gasteiger partial charge is 0.426 e. The van der Waals surface area contributed by atoms with Crippen LogP contribution in [0.2, 0.25) is 5.02 Å². The Hall–Kier alpha value is -1.43. The lowest BCUT2D eigenvalue weighted by Crippen LogP contribution is -2.36. The van der Waals surface area contributed by atoms with E-state index in [0.29, 0.717) is 16.1 Å². The Balaban J connectivity index is 3.14. The number of ether oxygens (including phenoxy) is 1. The molecule has 7 heteroatoms. The molecule has 0 aliphatic rings. The van der Waals surface area contributed by atoms with Crippen molar-refractivity contribution in [3.05, 3.63) is 28.3 Å². The van der Waals surface area contributed by atoms with Crippen LogP contribution in [-0.2, 0) is 4.79 Å². The van der Waals surface area contributed by atoms with Gasteiger partial charge in [-0.1, -0.05) is 25.4 Å². The number of hydrogen-bond acceptors (Lipinski definition) is 2. The molecule has 0 bridgehead atoms. The number of carboxylic acids is 1. The van der Waals surface area contributed by atoms with Crippen molar-refractivity contribution < 1.29 is 27.8 Å². The van der Waals surface area contributed by atoms with Crippen LogP contribution in [-0.4, -0.2) is 23.4 Å². The zero-order chi connectivity index (χ0) is 16.4. The van der Waals surface area contributed by atoms with E-state index in [1.165, 1.54) is 12.1 Å². The Labute approximate surface area is 125 Å². The topological polar surface area (TPSA) is 46.5 Å². The van der Waals surface area contributed by atoms with E-state index in [4.69, 9.17) is 21.4 Å². The normalized spacial score (nSPS) is 13.3. The van der Waals surface area contributed by atoms with Gasteiger partial charge in [0.05, 0.1) is 6.42 Å². The van der Waals surface area contributed by atoms with Crippen molar-refractivity contribution in [3.8, 4) is 5.75 Å². The highest BCUT2D eigenvalue weighted by molar-refractivity contribution is 6.31. The molecule has 1 unspecified atom stereocenters. The summed E-state index contributed by atoms with van der Waals surface area (Å²) in [7, 11) is 0. The zero-order valence-corrected chi connectivity index (χ0v) is 12.5. The van der Waals surface area contributed by atoms with E-state index in [1.807, 2.05) is 13.8 Å². The molecule has 0 saturated carbocycles. The molecule has 0 aliphatic carbocycles. The van der Waals surface area contributed by atoms with Gasteiger partial charge in [-0.3, -0.25) is 4.79 Å². The molecule has 0 aromatic heterocycles. The fourth-order valence-corrected chi connectivity index (χ4v) is 2.21. The first kappa shape index (κ1) is 17.6. The van der Waals surface area contributed by atoms with Crippen LogP contribution in [0.1, 0.15) is 37.3 Å². The van der Waals surface area contributed by atoms with Crippen LogP contribution >= 0.6 is 11.6 Å². The first-order valence-electron chi connectivity index (χ1n) is 6.27. The van der Waals surface area contributed by atoms with Crippen LogP contribution in [0.4, 0.5) is 13.2 Å². The van der Waals surface area contributed by atoms with Crippen LogP contribution in [0.3, 0.4) is 0 Å². The monoisotopic (exact) mass is 324 g/mol. The maximum atomic E-state index is 12.8. The Morgan fingerprint density at radius 2 is 1.95 bits per heavy atom. The number of carbonyl (C=O) groups is 1. The molecule has 21 heavy (non-hydrogen) atoms. The van der Waals surface area contributed by atoms with Gasteiger partial charge in [0.25, 0.3) is 0 Å². The molecule has 0 saturated heterocycles. The molecule has 0 radical (unpaired) electrons. The Morgan fingerprint density at radius 3 is 2.38 bits per heavy atom. The van der Waals surface area contributed by atoms with Crippen molar-refractivity contribution in [2.45, 2.75) is 45.4 Å². The number of benzene rings is 1. The number of halogens is 4. The lowest BCUT2D eigenvalue weighted by molar-refractivity contribution is -0.200. The van der Waals surface area contributed by atoms with E-state index < -0.39 is 24.7 Å². The molecule has 0 heterocycles. The third kappa shape index (κ3) is 4.81. The van der Waals surface area contributed by atoms with Gasteiger partial charge in [-0.25, -0.2) is 0 Å². The van der Waals surface area contributed by atoms with Gasteiger partial charge in [-0.05, 0) is 36.1 Å². The number of alkyl halides is 3. The van der Waals surface area contributed by atoms with Crippen LogP contribution in [0.5, 0.6) is 5.75 Å². The molecule has 1 aromatic carbocycles. The molecular weight excluding hydrogens is 309 g/mol. The largest absolute Gasteiger partial charge is 0.481 e. The summed E-state index contributed by atoms with van der Waals surface area (Å²) in [6.45, 7) is 5.25. The van der Waals surface area contributed by atoms with E-state index in [0.717, 1.165) is 0 Å². The number of aliphatic carboxylic acids is 1. The second kappa shape index (κ2) is 6.56. The molecule has 1 atom stereocenters. The Kier molecular flexibility index (Phi) is 5.50. The van der Waals surface area contributed by atoms with Crippen molar-refractivity contribution in [1.82, 2.24) is 0 Å². The lowest BCUT2D eigenvalue weighted by atomic mass is 10.0. The molecule has 118 valence electrons. The van der Waals surface area contributed by atoms with Crippen LogP contribution in [0.25, 0.3) is 0 Å². The Morgan fingerprint density at radius 1 is 1.38 bits per heavy atom. The molecule has 0 spiro atoms. The summed E-state index contributed by atoms with van der Waals surface area (Å²) in [5.74, 6) is -1.58. The van der Waals surface area contributed by atoms with Gasteiger partial charge in [-0.2, -0.15) is 13.2 Å². The third-order valence-corrected chi connectivity index (χ3v) is 3.24. The summed E-state index contributed by atoms with van der Waals surface area (Å²) >= 11 is 6.04. The van der Waals surface area contributed by atoms with Gasteiger partial charge in [0.1, 0.15) is 5.75 Å². The summed E-state index contributed by atoms with van der Waals surface area (Å²) in [5.41, 5.74) is 1.07. The third-order valence-electron chi connectivity index (χ3n) is 2.91. The zero-order valence-electron chi connectivity index (χ0n) is 11.8. The van der Waals surface area contributed by atoms with E-state index in [2.05, 4.69) is 0 Å². The molecule has 3 nitrogen and oxygen atoms in total. The quantitative estimate of drug-likeness (QED) is 0.864. The van der Waals surface area contributed by atoms with Crippen molar-refractivity contribution in [2.24, 2.45) is 0 Å². The standard InChI is InChI=1S/C14H16ClF3O3/c1-7(2)9-5-11(8(3)4-10(9)15)21-12(6-13(19)20)14(16,17)18/h4-5,7,12H,6H2,1-3H3,(H,19,20). The van der Waals surface area contributed by atoms with Gasteiger partial charge in [0, 0.05) is 5.02 Å².